The molecule has 0 radical (unpaired) electrons. The van der Waals surface area contributed by atoms with Crippen molar-refractivity contribution in [3.63, 3.8) is 0 Å². The first-order valence-corrected chi connectivity index (χ1v) is 7.40. The highest BCUT2D eigenvalue weighted by atomic mass is 16.5. The van der Waals surface area contributed by atoms with Crippen LogP contribution in [0.15, 0.2) is 42.6 Å². The van der Waals surface area contributed by atoms with Crippen LogP contribution in [0, 0.1) is 0 Å². The fourth-order valence-corrected chi connectivity index (χ4v) is 1.85. The molecule has 0 unspecified atom stereocenters. The van der Waals surface area contributed by atoms with Crippen LogP contribution in [0.1, 0.15) is 20.8 Å². The minimum absolute atomic E-state index is 0.0981. The van der Waals surface area contributed by atoms with Gasteiger partial charge in [0.05, 0.1) is 18.0 Å². The summed E-state index contributed by atoms with van der Waals surface area (Å²) in [7, 11) is 0. The van der Waals surface area contributed by atoms with Gasteiger partial charge < -0.3 is 20.5 Å². The largest absolute Gasteiger partial charge is 0.491 e. The van der Waals surface area contributed by atoms with Gasteiger partial charge in [-0.25, -0.2) is 4.98 Å². The molecule has 1 aromatic carbocycles. The van der Waals surface area contributed by atoms with Crippen molar-refractivity contribution in [1.29, 1.82) is 0 Å². The van der Waals surface area contributed by atoms with E-state index in [4.69, 9.17) is 15.2 Å². The van der Waals surface area contributed by atoms with Gasteiger partial charge in [0.25, 0.3) is 0 Å². The Morgan fingerprint density at radius 3 is 2.52 bits per heavy atom. The molecule has 1 amide bonds. The molecule has 6 nitrogen and oxygen atoms in total. The average molecular weight is 315 g/mol. The number of amides is 1. The second-order valence-corrected chi connectivity index (χ2v) is 5.40. The van der Waals surface area contributed by atoms with Gasteiger partial charge in [-0.05, 0) is 39.0 Å². The molecule has 1 atom stereocenters. The number of nitrogens with zero attached hydrogens (tertiary/aromatic N) is 1. The highest BCUT2D eigenvalue weighted by molar-refractivity contribution is 5.82. The van der Waals surface area contributed by atoms with Crippen LogP contribution in [0.3, 0.4) is 0 Å². The first-order chi connectivity index (χ1) is 10.9. The van der Waals surface area contributed by atoms with Gasteiger partial charge in [0, 0.05) is 12.1 Å². The Kier molecular flexibility index (Phi) is 5.41. The summed E-state index contributed by atoms with van der Waals surface area (Å²) >= 11 is 0. The number of rotatable bonds is 7. The summed E-state index contributed by atoms with van der Waals surface area (Å²) in [4.78, 5) is 15.2. The summed E-state index contributed by atoms with van der Waals surface area (Å²) in [6, 6.07) is 10.4. The van der Waals surface area contributed by atoms with Crippen molar-refractivity contribution in [2.45, 2.75) is 32.9 Å². The molecule has 0 bridgehead atoms. The minimum atomic E-state index is -0.464. The van der Waals surface area contributed by atoms with Gasteiger partial charge in [-0.1, -0.05) is 6.07 Å². The number of primary amides is 1. The van der Waals surface area contributed by atoms with Gasteiger partial charge in [-0.2, -0.15) is 0 Å². The molecule has 0 fully saturated rings. The second kappa shape index (κ2) is 7.49. The Labute approximate surface area is 135 Å². The van der Waals surface area contributed by atoms with Gasteiger partial charge >= 0.3 is 0 Å². The SMILES string of the molecule is CC(C)Oc1cccc(Oc2ccc(N[C@H](C)C(N)=O)cn2)c1. The highest BCUT2D eigenvalue weighted by Gasteiger charge is 2.08. The van der Waals surface area contributed by atoms with Crippen LogP contribution in [-0.4, -0.2) is 23.0 Å². The summed E-state index contributed by atoms with van der Waals surface area (Å²) in [5.41, 5.74) is 5.90. The summed E-state index contributed by atoms with van der Waals surface area (Å²) < 4.78 is 11.3. The summed E-state index contributed by atoms with van der Waals surface area (Å²) in [6.07, 6.45) is 1.68. The smallest absolute Gasteiger partial charge is 0.239 e. The second-order valence-electron chi connectivity index (χ2n) is 5.40. The number of benzene rings is 1. The fourth-order valence-electron chi connectivity index (χ4n) is 1.85. The van der Waals surface area contributed by atoms with Gasteiger partial charge in [0.2, 0.25) is 11.8 Å². The Bertz CT molecular complexity index is 656. The van der Waals surface area contributed by atoms with Crippen LogP contribution in [0.5, 0.6) is 17.4 Å². The van der Waals surface area contributed by atoms with Crippen molar-refractivity contribution in [2.75, 3.05) is 5.32 Å². The van der Waals surface area contributed by atoms with Crippen LogP contribution >= 0.6 is 0 Å². The van der Waals surface area contributed by atoms with Crippen LogP contribution < -0.4 is 20.5 Å². The lowest BCUT2D eigenvalue weighted by Gasteiger charge is -2.12. The highest BCUT2D eigenvalue weighted by Crippen LogP contribution is 2.25. The van der Waals surface area contributed by atoms with E-state index >= 15 is 0 Å². The van der Waals surface area contributed by atoms with Gasteiger partial charge in [0.1, 0.15) is 17.5 Å². The molecule has 23 heavy (non-hydrogen) atoms. The molecule has 0 aliphatic heterocycles. The summed E-state index contributed by atoms with van der Waals surface area (Å²) in [5.74, 6) is 1.41. The Balaban J connectivity index is 2.02. The number of ether oxygens (including phenoxy) is 2. The molecule has 2 aromatic rings. The zero-order valence-corrected chi connectivity index (χ0v) is 13.4. The van der Waals surface area contributed by atoms with E-state index in [2.05, 4.69) is 10.3 Å². The first kappa shape index (κ1) is 16.6. The maximum Gasteiger partial charge on any atom is 0.239 e. The monoisotopic (exact) mass is 315 g/mol. The molecular formula is C17H21N3O3. The van der Waals surface area contributed by atoms with Crippen molar-refractivity contribution in [1.82, 2.24) is 4.98 Å². The van der Waals surface area contributed by atoms with Crippen LogP contribution in [0.2, 0.25) is 0 Å². The molecule has 1 aromatic heterocycles. The number of hydrogen-bond donors (Lipinski definition) is 2. The predicted octanol–water partition coefficient (Wildman–Crippen LogP) is 2.95. The number of nitrogens with one attached hydrogen (secondary N) is 1. The molecule has 2 rings (SSSR count). The quantitative estimate of drug-likeness (QED) is 0.820. The first-order valence-electron chi connectivity index (χ1n) is 7.40. The average Bonchev–Trinajstić information content (AvgIpc) is 2.49. The normalized spacial score (nSPS) is 11.8. The van der Waals surface area contributed by atoms with Gasteiger partial charge in [0.15, 0.2) is 0 Å². The standard InChI is InChI=1S/C17H21N3O3/c1-11(2)22-14-5-4-6-15(9-14)23-16-8-7-13(10-19-16)20-12(3)17(18)21/h4-12,20H,1-3H3,(H2,18,21)/t12-/m1/s1. The molecule has 3 N–H and O–H groups in total. The predicted molar refractivity (Wildman–Crippen MR) is 88.8 cm³/mol. The zero-order valence-electron chi connectivity index (χ0n) is 13.4. The van der Waals surface area contributed by atoms with E-state index in [1.165, 1.54) is 0 Å². The molecule has 0 saturated carbocycles. The van der Waals surface area contributed by atoms with E-state index in [0.29, 0.717) is 17.3 Å². The lowest BCUT2D eigenvalue weighted by molar-refractivity contribution is -0.118. The van der Waals surface area contributed by atoms with E-state index in [1.54, 1.807) is 25.3 Å². The molecule has 0 aliphatic carbocycles. The number of aromatic nitrogens is 1. The van der Waals surface area contributed by atoms with Crippen LogP contribution in [0.25, 0.3) is 0 Å². The lowest BCUT2D eigenvalue weighted by atomic mass is 10.3. The van der Waals surface area contributed by atoms with Crippen molar-refractivity contribution in [3.05, 3.63) is 42.6 Å². The van der Waals surface area contributed by atoms with E-state index in [9.17, 15) is 4.79 Å². The number of nitrogens with two attached hydrogens (primary N) is 1. The Morgan fingerprint density at radius 1 is 1.17 bits per heavy atom. The molecule has 0 spiro atoms. The van der Waals surface area contributed by atoms with E-state index in [0.717, 1.165) is 5.75 Å². The maximum atomic E-state index is 11.0. The topological polar surface area (TPSA) is 86.5 Å². The van der Waals surface area contributed by atoms with Gasteiger partial charge in [-0.3, -0.25) is 4.79 Å². The van der Waals surface area contributed by atoms with Crippen molar-refractivity contribution in [3.8, 4) is 17.4 Å². The molecule has 0 aliphatic rings. The Hall–Kier alpha value is -2.76. The third-order valence-corrected chi connectivity index (χ3v) is 2.95. The molecule has 6 heteroatoms. The third-order valence-electron chi connectivity index (χ3n) is 2.95. The van der Waals surface area contributed by atoms with E-state index in [1.807, 2.05) is 38.1 Å². The van der Waals surface area contributed by atoms with Gasteiger partial charge in [-0.15, -0.1) is 0 Å². The maximum absolute atomic E-state index is 11.0. The number of hydrogen-bond acceptors (Lipinski definition) is 5. The van der Waals surface area contributed by atoms with E-state index in [-0.39, 0.29) is 6.10 Å². The number of carbonyl (C=O) groups excluding carboxylic acids is 1. The van der Waals surface area contributed by atoms with Crippen LogP contribution in [-0.2, 0) is 4.79 Å². The fraction of sp³-hybridized carbons (Fsp3) is 0.294. The number of carbonyl (C=O) groups is 1. The Morgan fingerprint density at radius 2 is 1.91 bits per heavy atom. The third kappa shape index (κ3) is 5.18. The van der Waals surface area contributed by atoms with Crippen molar-refractivity contribution < 1.29 is 14.3 Å². The number of anilines is 1. The summed E-state index contributed by atoms with van der Waals surface area (Å²) in [5, 5.41) is 2.95. The summed E-state index contributed by atoms with van der Waals surface area (Å²) in [6.45, 7) is 5.62. The number of pyridine rings is 1. The van der Waals surface area contributed by atoms with E-state index < -0.39 is 11.9 Å². The minimum Gasteiger partial charge on any atom is -0.491 e. The van der Waals surface area contributed by atoms with Crippen molar-refractivity contribution in [2.24, 2.45) is 5.73 Å². The molecule has 0 saturated heterocycles. The van der Waals surface area contributed by atoms with Crippen LogP contribution in [0.4, 0.5) is 5.69 Å². The molecule has 122 valence electrons. The lowest BCUT2D eigenvalue weighted by Crippen LogP contribution is -2.32. The van der Waals surface area contributed by atoms with Crippen molar-refractivity contribution >= 4 is 11.6 Å². The molecule has 1 heterocycles. The molecular weight excluding hydrogens is 294 g/mol. The zero-order chi connectivity index (χ0) is 16.8.